The summed E-state index contributed by atoms with van der Waals surface area (Å²) in [4.78, 5) is 17.5. The molecule has 3 aromatic carbocycles. The number of urea groups is 1. The Kier molecular flexibility index (Phi) is 6.20. The standard InChI is InChI=1S/C29H30FN3O/c1-22-7-5-11-25(19-22)31-28(34)33-21-29(26-20-24(30)12-13-27(26)33)14-17-32(18-15-29)16-6-10-23-8-3-2-4-9-23/h2-13,19-20H,14-18,21H2,1H3,(H,31,34). The minimum absolute atomic E-state index is 0.163. The van der Waals surface area contributed by atoms with Crippen LogP contribution in [-0.2, 0) is 5.41 Å². The SMILES string of the molecule is Cc1cccc(NC(=O)N2CC3(CCN(CC=Cc4ccccc4)CC3)c3cc(F)ccc32)c1. The number of nitrogens with zero attached hydrogens (tertiary/aromatic N) is 2. The molecule has 1 fully saturated rings. The van der Waals surface area contributed by atoms with Crippen LogP contribution < -0.4 is 10.2 Å². The van der Waals surface area contributed by atoms with Gasteiger partial charge in [0.05, 0.1) is 0 Å². The number of aryl methyl sites for hydroxylation is 1. The van der Waals surface area contributed by atoms with Gasteiger partial charge in [-0.15, -0.1) is 0 Å². The van der Waals surface area contributed by atoms with Crippen LogP contribution in [0.2, 0.25) is 0 Å². The lowest BCUT2D eigenvalue weighted by Crippen LogP contribution is -2.46. The molecule has 1 spiro atoms. The summed E-state index contributed by atoms with van der Waals surface area (Å²) in [5.74, 6) is -0.243. The van der Waals surface area contributed by atoms with Gasteiger partial charge >= 0.3 is 6.03 Å². The van der Waals surface area contributed by atoms with E-state index in [-0.39, 0.29) is 17.3 Å². The average Bonchev–Trinajstić information content (AvgIpc) is 3.14. The second kappa shape index (κ2) is 9.43. The van der Waals surface area contributed by atoms with Crippen LogP contribution in [-0.4, -0.2) is 37.1 Å². The molecule has 5 rings (SSSR count). The van der Waals surface area contributed by atoms with Crippen molar-refractivity contribution in [3.8, 4) is 0 Å². The van der Waals surface area contributed by atoms with Crippen LogP contribution in [0.1, 0.15) is 29.5 Å². The Morgan fingerprint density at radius 1 is 1.03 bits per heavy atom. The van der Waals surface area contributed by atoms with Gasteiger partial charge in [0.1, 0.15) is 5.82 Å². The molecule has 0 atom stereocenters. The Balaban J connectivity index is 1.29. The van der Waals surface area contributed by atoms with Crippen LogP contribution in [0.5, 0.6) is 0 Å². The molecule has 0 bridgehead atoms. The molecule has 0 aromatic heterocycles. The topological polar surface area (TPSA) is 35.6 Å². The lowest BCUT2D eigenvalue weighted by Gasteiger charge is -2.39. The van der Waals surface area contributed by atoms with Crippen LogP contribution in [0.25, 0.3) is 6.08 Å². The summed E-state index contributed by atoms with van der Waals surface area (Å²) < 4.78 is 14.3. The first-order chi connectivity index (χ1) is 16.5. The third-order valence-corrected chi connectivity index (χ3v) is 7.08. The number of benzene rings is 3. The fourth-order valence-electron chi connectivity index (χ4n) is 5.23. The Morgan fingerprint density at radius 3 is 2.59 bits per heavy atom. The van der Waals surface area contributed by atoms with Gasteiger partial charge in [0.15, 0.2) is 0 Å². The number of amides is 2. The van der Waals surface area contributed by atoms with E-state index in [2.05, 4.69) is 34.5 Å². The van der Waals surface area contributed by atoms with Gasteiger partial charge in [0.25, 0.3) is 0 Å². The normalized spacial score (nSPS) is 17.3. The number of carbonyl (C=O) groups excluding carboxylic acids is 1. The summed E-state index contributed by atoms with van der Waals surface area (Å²) in [5.41, 5.74) is 4.64. The number of fused-ring (bicyclic) bond motifs is 2. The van der Waals surface area contributed by atoms with Gasteiger partial charge in [0, 0.05) is 29.9 Å². The monoisotopic (exact) mass is 455 g/mol. The lowest BCUT2D eigenvalue weighted by molar-refractivity contribution is 0.180. The molecule has 34 heavy (non-hydrogen) atoms. The Labute approximate surface area is 200 Å². The molecule has 3 aromatic rings. The average molecular weight is 456 g/mol. The number of piperidine rings is 1. The van der Waals surface area contributed by atoms with Gasteiger partial charge in [-0.3, -0.25) is 9.80 Å². The molecule has 2 aliphatic rings. The van der Waals surface area contributed by atoms with Crippen molar-refractivity contribution in [1.29, 1.82) is 0 Å². The van der Waals surface area contributed by atoms with Crippen molar-refractivity contribution in [3.63, 3.8) is 0 Å². The number of nitrogens with one attached hydrogen (secondary N) is 1. The van der Waals surface area contributed by atoms with E-state index in [4.69, 9.17) is 0 Å². The summed E-state index contributed by atoms with van der Waals surface area (Å²) in [6.07, 6.45) is 6.16. The molecule has 0 aliphatic carbocycles. The zero-order valence-electron chi connectivity index (χ0n) is 19.5. The number of halogens is 1. The summed E-state index contributed by atoms with van der Waals surface area (Å²) in [6.45, 7) is 5.31. The molecule has 0 unspecified atom stereocenters. The minimum atomic E-state index is -0.243. The van der Waals surface area contributed by atoms with E-state index in [0.717, 1.165) is 55.0 Å². The zero-order chi connectivity index (χ0) is 23.5. The molecule has 2 amide bonds. The van der Waals surface area contributed by atoms with Gasteiger partial charge in [-0.1, -0.05) is 54.6 Å². The van der Waals surface area contributed by atoms with E-state index in [1.165, 1.54) is 11.6 Å². The highest BCUT2D eigenvalue weighted by Crippen LogP contribution is 2.47. The lowest BCUT2D eigenvalue weighted by atomic mass is 9.74. The largest absolute Gasteiger partial charge is 0.326 e. The second-order valence-corrected chi connectivity index (χ2v) is 9.44. The van der Waals surface area contributed by atoms with E-state index in [1.807, 2.05) is 49.4 Å². The van der Waals surface area contributed by atoms with E-state index in [1.54, 1.807) is 17.0 Å². The van der Waals surface area contributed by atoms with Gasteiger partial charge in [-0.25, -0.2) is 9.18 Å². The molecule has 5 heteroatoms. The summed E-state index contributed by atoms with van der Waals surface area (Å²) in [6, 6.07) is 22.8. The summed E-state index contributed by atoms with van der Waals surface area (Å²) >= 11 is 0. The first kappa shape index (κ1) is 22.4. The molecule has 2 aliphatic heterocycles. The highest BCUT2D eigenvalue weighted by molar-refractivity contribution is 6.03. The van der Waals surface area contributed by atoms with Crippen LogP contribution in [0.15, 0.2) is 78.9 Å². The summed E-state index contributed by atoms with van der Waals surface area (Å²) in [5, 5.41) is 3.03. The number of hydrogen-bond acceptors (Lipinski definition) is 2. The van der Waals surface area contributed by atoms with Crippen molar-refractivity contribution >= 4 is 23.5 Å². The van der Waals surface area contributed by atoms with E-state index < -0.39 is 0 Å². The molecule has 2 heterocycles. The second-order valence-electron chi connectivity index (χ2n) is 9.44. The minimum Gasteiger partial charge on any atom is -0.308 e. The van der Waals surface area contributed by atoms with Crippen molar-refractivity contribution < 1.29 is 9.18 Å². The quantitative estimate of drug-likeness (QED) is 0.506. The maximum atomic E-state index is 14.3. The molecule has 0 saturated carbocycles. The molecular weight excluding hydrogens is 425 g/mol. The molecule has 174 valence electrons. The van der Waals surface area contributed by atoms with E-state index in [9.17, 15) is 9.18 Å². The highest BCUT2D eigenvalue weighted by Gasteiger charge is 2.46. The van der Waals surface area contributed by atoms with Gasteiger partial charge in [-0.05, 0) is 79.9 Å². The van der Waals surface area contributed by atoms with Crippen molar-refractivity contribution in [2.75, 3.05) is 36.4 Å². The highest BCUT2D eigenvalue weighted by atomic mass is 19.1. The molecule has 4 nitrogen and oxygen atoms in total. The van der Waals surface area contributed by atoms with Crippen molar-refractivity contribution in [2.24, 2.45) is 0 Å². The Morgan fingerprint density at radius 2 is 1.82 bits per heavy atom. The molecular formula is C29H30FN3O. The van der Waals surface area contributed by atoms with Crippen molar-refractivity contribution in [3.05, 3.63) is 101 Å². The number of hydrogen-bond donors (Lipinski definition) is 1. The zero-order valence-corrected chi connectivity index (χ0v) is 19.5. The molecule has 1 N–H and O–H groups in total. The fraction of sp³-hybridized carbons (Fsp3) is 0.276. The number of anilines is 2. The maximum absolute atomic E-state index is 14.3. The first-order valence-corrected chi connectivity index (χ1v) is 11.9. The molecule has 0 radical (unpaired) electrons. The predicted octanol–water partition coefficient (Wildman–Crippen LogP) is 6.23. The van der Waals surface area contributed by atoms with E-state index >= 15 is 0 Å². The molecule has 1 saturated heterocycles. The van der Waals surface area contributed by atoms with Crippen LogP contribution >= 0.6 is 0 Å². The third kappa shape index (κ3) is 4.62. The first-order valence-electron chi connectivity index (χ1n) is 11.9. The number of rotatable bonds is 4. The van der Waals surface area contributed by atoms with E-state index in [0.29, 0.717) is 6.54 Å². The van der Waals surface area contributed by atoms with Gasteiger partial charge in [0.2, 0.25) is 0 Å². The third-order valence-electron chi connectivity index (χ3n) is 7.08. The number of carbonyl (C=O) groups is 1. The van der Waals surface area contributed by atoms with Crippen LogP contribution in [0.4, 0.5) is 20.6 Å². The van der Waals surface area contributed by atoms with Crippen molar-refractivity contribution in [1.82, 2.24) is 4.90 Å². The van der Waals surface area contributed by atoms with Gasteiger partial charge < -0.3 is 5.32 Å². The number of likely N-dealkylation sites (tertiary alicyclic amines) is 1. The van der Waals surface area contributed by atoms with Crippen LogP contribution in [0, 0.1) is 12.7 Å². The van der Waals surface area contributed by atoms with Gasteiger partial charge in [-0.2, -0.15) is 0 Å². The van der Waals surface area contributed by atoms with Crippen LogP contribution in [0.3, 0.4) is 0 Å². The Bertz CT molecular complexity index is 1200. The van der Waals surface area contributed by atoms with Crippen molar-refractivity contribution in [2.45, 2.75) is 25.2 Å². The Hall–Kier alpha value is -3.44. The fourth-order valence-corrected chi connectivity index (χ4v) is 5.23. The smallest absolute Gasteiger partial charge is 0.308 e. The maximum Gasteiger partial charge on any atom is 0.326 e. The predicted molar refractivity (Wildman–Crippen MR) is 137 cm³/mol. The summed E-state index contributed by atoms with van der Waals surface area (Å²) in [7, 11) is 0.